The van der Waals surface area contributed by atoms with Gasteiger partial charge in [0.1, 0.15) is 0 Å². The lowest BCUT2D eigenvalue weighted by atomic mass is 10.3. The Bertz CT molecular complexity index is 736. The summed E-state index contributed by atoms with van der Waals surface area (Å²) in [5.74, 6) is -0.105. The van der Waals surface area contributed by atoms with Gasteiger partial charge in [0, 0.05) is 19.6 Å². The van der Waals surface area contributed by atoms with Crippen molar-refractivity contribution in [2.75, 3.05) is 5.32 Å². The summed E-state index contributed by atoms with van der Waals surface area (Å²) in [6, 6.07) is 9.28. The standard InChI is InChI=1S/C13H7BrClNOS2/c14-8-2-1-7(5-9(8)15)16-13(17)12-6-11-10(19-12)3-4-18-11/h1-6H,(H,16,17). The largest absolute Gasteiger partial charge is 0.321 e. The summed E-state index contributed by atoms with van der Waals surface area (Å²) in [5.41, 5.74) is 0.690. The first-order chi connectivity index (χ1) is 9.13. The normalized spacial score (nSPS) is 10.8. The van der Waals surface area contributed by atoms with Gasteiger partial charge in [-0.2, -0.15) is 0 Å². The minimum Gasteiger partial charge on any atom is -0.321 e. The van der Waals surface area contributed by atoms with Crippen molar-refractivity contribution in [3.05, 3.63) is 50.1 Å². The second-order valence-corrected chi connectivity index (χ2v) is 7.14. The van der Waals surface area contributed by atoms with Gasteiger partial charge in [0.2, 0.25) is 0 Å². The fraction of sp³-hybridized carbons (Fsp3) is 0. The van der Waals surface area contributed by atoms with E-state index in [1.165, 1.54) is 11.3 Å². The molecule has 1 N–H and O–H groups in total. The summed E-state index contributed by atoms with van der Waals surface area (Å²) in [5, 5.41) is 5.45. The minimum atomic E-state index is -0.105. The molecule has 0 saturated carbocycles. The highest BCUT2D eigenvalue weighted by molar-refractivity contribution is 9.10. The van der Waals surface area contributed by atoms with Crippen LogP contribution in [0.25, 0.3) is 9.40 Å². The van der Waals surface area contributed by atoms with Crippen LogP contribution >= 0.6 is 50.2 Å². The molecule has 0 radical (unpaired) electrons. The molecular formula is C13H7BrClNOS2. The summed E-state index contributed by atoms with van der Waals surface area (Å²) < 4.78 is 3.09. The van der Waals surface area contributed by atoms with Crippen molar-refractivity contribution < 1.29 is 4.79 Å². The van der Waals surface area contributed by atoms with Crippen LogP contribution in [0.1, 0.15) is 9.67 Å². The van der Waals surface area contributed by atoms with Crippen LogP contribution in [0.5, 0.6) is 0 Å². The molecule has 2 aromatic heterocycles. The van der Waals surface area contributed by atoms with Crippen LogP contribution in [0.3, 0.4) is 0 Å². The summed E-state index contributed by atoms with van der Waals surface area (Å²) >= 11 is 12.4. The van der Waals surface area contributed by atoms with Crippen LogP contribution in [-0.4, -0.2) is 5.91 Å². The highest BCUT2D eigenvalue weighted by atomic mass is 79.9. The SMILES string of the molecule is O=C(Nc1ccc(Br)c(Cl)c1)c1cc2sccc2s1. The third-order valence-corrected chi connectivity index (χ3v) is 5.87. The predicted molar refractivity (Wildman–Crippen MR) is 86.8 cm³/mol. The van der Waals surface area contributed by atoms with Crippen LogP contribution in [0.2, 0.25) is 5.02 Å². The van der Waals surface area contributed by atoms with Crippen LogP contribution in [0, 0.1) is 0 Å². The van der Waals surface area contributed by atoms with Crippen molar-refractivity contribution in [3.8, 4) is 0 Å². The van der Waals surface area contributed by atoms with Crippen molar-refractivity contribution in [1.29, 1.82) is 0 Å². The third-order valence-electron chi connectivity index (χ3n) is 2.54. The molecule has 96 valence electrons. The average molecular weight is 373 g/mol. The van der Waals surface area contributed by atoms with Crippen molar-refractivity contribution in [2.24, 2.45) is 0 Å². The molecule has 6 heteroatoms. The molecule has 3 rings (SSSR count). The van der Waals surface area contributed by atoms with Crippen LogP contribution in [-0.2, 0) is 0 Å². The number of nitrogens with one attached hydrogen (secondary N) is 1. The molecule has 1 aromatic carbocycles. The first kappa shape index (κ1) is 13.1. The summed E-state index contributed by atoms with van der Waals surface area (Å²) in [6.07, 6.45) is 0. The van der Waals surface area contributed by atoms with E-state index in [-0.39, 0.29) is 5.91 Å². The fourth-order valence-electron chi connectivity index (χ4n) is 1.64. The van der Waals surface area contributed by atoms with Crippen LogP contribution in [0.4, 0.5) is 5.69 Å². The zero-order chi connectivity index (χ0) is 13.4. The quantitative estimate of drug-likeness (QED) is 0.620. The Morgan fingerprint density at radius 1 is 1.21 bits per heavy atom. The maximum atomic E-state index is 12.1. The summed E-state index contributed by atoms with van der Waals surface area (Å²) in [6.45, 7) is 0. The fourth-order valence-corrected chi connectivity index (χ4v) is 4.08. The van der Waals surface area contributed by atoms with Crippen molar-refractivity contribution in [3.63, 3.8) is 0 Å². The lowest BCUT2D eigenvalue weighted by Crippen LogP contribution is -2.09. The minimum absolute atomic E-state index is 0.105. The molecule has 0 saturated heterocycles. The van der Waals surface area contributed by atoms with E-state index >= 15 is 0 Å². The highest BCUT2D eigenvalue weighted by Gasteiger charge is 2.11. The van der Waals surface area contributed by atoms with Gasteiger partial charge in [-0.25, -0.2) is 0 Å². The average Bonchev–Trinajstić information content (AvgIpc) is 2.94. The van der Waals surface area contributed by atoms with E-state index in [0.29, 0.717) is 15.6 Å². The molecule has 0 atom stereocenters. The molecule has 0 spiro atoms. The van der Waals surface area contributed by atoms with Crippen molar-refractivity contribution in [2.45, 2.75) is 0 Å². The maximum Gasteiger partial charge on any atom is 0.265 e. The topological polar surface area (TPSA) is 29.1 Å². The zero-order valence-electron chi connectivity index (χ0n) is 9.44. The lowest BCUT2D eigenvalue weighted by molar-refractivity contribution is 0.103. The lowest BCUT2D eigenvalue weighted by Gasteiger charge is -2.04. The molecule has 2 nitrogen and oxygen atoms in total. The second kappa shape index (κ2) is 5.25. The van der Waals surface area contributed by atoms with Crippen molar-refractivity contribution in [1.82, 2.24) is 0 Å². The van der Waals surface area contributed by atoms with Gasteiger partial charge in [0.15, 0.2) is 0 Å². The number of rotatable bonds is 2. The van der Waals surface area contributed by atoms with Gasteiger partial charge >= 0.3 is 0 Å². The Labute approximate surface area is 131 Å². The highest BCUT2D eigenvalue weighted by Crippen LogP contribution is 2.31. The Morgan fingerprint density at radius 2 is 2.05 bits per heavy atom. The second-order valence-electron chi connectivity index (χ2n) is 3.84. The zero-order valence-corrected chi connectivity index (χ0v) is 13.4. The Hall–Kier alpha value is -0.880. The van der Waals surface area contributed by atoms with Gasteiger partial charge < -0.3 is 5.32 Å². The Morgan fingerprint density at radius 3 is 2.79 bits per heavy atom. The molecule has 3 aromatic rings. The van der Waals surface area contributed by atoms with Gasteiger partial charge in [0.25, 0.3) is 5.91 Å². The van der Waals surface area contributed by atoms with Crippen LogP contribution in [0.15, 0.2) is 40.2 Å². The van der Waals surface area contributed by atoms with Gasteiger partial charge in [-0.3, -0.25) is 4.79 Å². The summed E-state index contributed by atoms with van der Waals surface area (Å²) in [4.78, 5) is 12.8. The van der Waals surface area contributed by atoms with Crippen LogP contribution < -0.4 is 5.32 Å². The van der Waals surface area contributed by atoms with E-state index in [2.05, 4.69) is 21.2 Å². The molecular weight excluding hydrogens is 366 g/mol. The number of thiophene rings is 2. The first-order valence-electron chi connectivity index (χ1n) is 5.37. The Kier molecular flexibility index (Phi) is 3.62. The number of hydrogen-bond donors (Lipinski definition) is 1. The summed E-state index contributed by atoms with van der Waals surface area (Å²) in [7, 11) is 0. The van der Waals surface area contributed by atoms with Crippen molar-refractivity contribution >= 4 is 71.2 Å². The number of carbonyl (C=O) groups excluding carboxylic acids is 1. The van der Waals surface area contributed by atoms with Gasteiger partial charge in [0.05, 0.1) is 9.90 Å². The number of amides is 1. The first-order valence-corrected chi connectivity index (χ1v) is 8.23. The molecule has 1 amide bonds. The number of halogens is 2. The molecule has 0 unspecified atom stereocenters. The smallest absolute Gasteiger partial charge is 0.265 e. The monoisotopic (exact) mass is 371 g/mol. The third kappa shape index (κ3) is 2.69. The van der Waals surface area contributed by atoms with Gasteiger partial charge in [-0.05, 0) is 51.6 Å². The van der Waals surface area contributed by atoms with Gasteiger partial charge in [-0.1, -0.05) is 11.6 Å². The maximum absolute atomic E-state index is 12.1. The van der Waals surface area contributed by atoms with E-state index in [1.54, 1.807) is 17.4 Å². The van der Waals surface area contributed by atoms with E-state index in [0.717, 1.165) is 13.9 Å². The number of benzene rings is 1. The van der Waals surface area contributed by atoms with E-state index in [4.69, 9.17) is 11.6 Å². The molecule has 19 heavy (non-hydrogen) atoms. The number of anilines is 1. The van der Waals surface area contributed by atoms with E-state index < -0.39 is 0 Å². The number of carbonyl (C=O) groups is 1. The van der Waals surface area contributed by atoms with Gasteiger partial charge in [-0.15, -0.1) is 22.7 Å². The molecule has 2 heterocycles. The van der Waals surface area contributed by atoms with E-state index in [1.807, 2.05) is 29.6 Å². The molecule has 0 bridgehead atoms. The molecule has 0 aliphatic rings. The molecule has 0 fully saturated rings. The number of hydrogen-bond acceptors (Lipinski definition) is 3. The predicted octanol–water partition coefficient (Wildman–Crippen LogP) is 5.63. The Balaban J connectivity index is 1.84. The molecule has 0 aliphatic carbocycles. The molecule has 0 aliphatic heterocycles. The number of fused-ring (bicyclic) bond motifs is 1. The van der Waals surface area contributed by atoms with E-state index in [9.17, 15) is 4.79 Å².